The van der Waals surface area contributed by atoms with E-state index in [9.17, 15) is 4.79 Å². The lowest BCUT2D eigenvalue weighted by Gasteiger charge is -2.23. The molecular formula is C11H14N6OS. The van der Waals surface area contributed by atoms with Crippen LogP contribution in [0.2, 0.25) is 0 Å². The highest BCUT2D eigenvalue weighted by molar-refractivity contribution is 7.09. The largest absolute Gasteiger partial charge is 0.333 e. The molecule has 7 nitrogen and oxygen atoms in total. The second kappa shape index (κ2) is 5.43. The Bertz CT molecular complexity index is 525. The maximum Gasteiger partial charge on any atom is 0.225 e. The van der Waals surface area contributed by atoms with Crippen LogP contribution < -0.4 is 0 Å². The predicted octanol–water partition coefficient (Wildman–Crippen LogP) is 0.883. The lowest BCUT2D eigenvalue weighted by Crippen LogP contribution is -2.31. The Morgan fingerprint density at radius 2 is 2.47 bits per heavy atom. The van der Waals surface area contributed by atoms with E-state index in [-0.39, 0.29) is 11.9 Å². The van der Waals surface area contributed by atoms with Gasteiger partial charge in [-0.15, -0.1) is 16.4 Å². The molecular weight excluding hydrogens is 264 g/mol. The topological polar surface area (TPSA) is 76.8 Å². The van der Waals surface area contributed by atoms with Gasteiger partial charge in [0.05, 0.1) is 12.6 Å². The van der Waals surface area contributed by atoms with Crippen molar-refractivity contribution in [1.29, 1.82) is 0 Å². The summed E-state index contributed by atoms with van der Waals surface area (Å²) in [4.78, 5) is 18.5. The highest BCUT2D eigenvalue weighted by Gasteiger charge is 2.31. The van der Waals surface area contributed by atoms with Crippen LogP contribution in [-0.4, -0.2) is 42.5 Å². The van der Waals surface area contributed by atoms with E-state index in [0.29, 0.717) is 13.0 Å². The molecule has 0 N–H and O–H groups in total. The van der Waals surface area contributed by atoms with Gasteiger partial charge in [-0.2, -0.15) is 0 Å². The van der Waals surface area contributed by atoms with E-state index in [2.05, 4.69) is 20.5 Å². The Kier molecular flexibility index (Phi) is 3.49. The highest BCUT2D eigenvalue weighted by Crippen LogP contribution is 2.33. The summed E-state index contributed by atoms with van der Waals surface area (Å²) in [5.74, 6) is 0.146. The summed E-state index contributed by atoms with van der Waals surface area (Å²) in [5, 5.41) is 13.9. The molecule has 0 bridgehead atoms. The molecule has 8 heteroatoms. The first-order valence-electron chi connectivity index (χ1n) is 6.24. The van der Waals surface area contributed by atoms with Crippen molar-refractivity contribution in [1.82, 2.24) is 30.1 Å². The number of hydrogen-bond acceptors (Lipinski definition) is 6. The van der Waals surface area contributed by atoms with Crippen molar-refractivity contribution >= 4 is 17.2 Å². The zero-order valence-electron chi connectivity index (χ0n) is 10.3. The molecule has 0 saturated carbocycles. The number of carbonyl (C=O) groups is 1. The van der Waals surface area contributed by atoms with Crippen molar-refractivity contribution < 1.29 is 4.79 Å². The van der Waals surface area contributed by atoms with Crippen molar-refractivity contribution in [2.24, 2.45) is 0 Å². The van der Waals surface area contributed by atoms with Crippen molar-refractivity contribution in [3.8, 4) is 0 Å². The molecule has 0 aromatic carbocycles. The second-order valence-corrected chi connectivity index (χ2v) is 5.36. The molecule has 1 amide bonds. The van der Waals surface area contributed by atoms with Gasteiger partial charge in [-0.05, 0) is 23.3 Å². The minimum atomic E-state index is 0.146. The fraction of sp³-hybridized carbons (Fsp3) is 0.545. The Hall–Kier alpha value is -1.83. The van der Waals surface area contributed by atoms with Crippen molar-refractivity contribution in [2.75, 3.05) is 6.54 Å². The highest BCUT2D eigenvalue weighted by atomic mass is 32.1. The van der Waals surface area contributed by atoms with Gasteiger partial charge in [0.15, 0.2) is 0 Å². The molecule has 0 radical (unpaired) electrons. The number of rotatable bonds is 4. The molecule has 0 unspecified atom stereocenters. The van der Waals surface area contributed by atoms with E-state index in [1.165, 1.54) is 6.33 Å². The summed E-state index contributed by atoms with van der Waals surface area (Å²) in [5.41, 5.74) is 0. The molecule has 100 valence electrons. The molecule has 1 saturated heterocycles. The van der Waals surface area contributed by atoms with Gasteiger partial charge in [0.2, 0.25) is 5.91 Å². The van der Waals surface area contributed by atoms with Gasteiger partial charge in [0, 0.05) is 24.5 Å². The predicted molar refractivity (Wildman–Crippen MR) is 68.2 cm³/mol. The first kappa shape index (κ1) is 12.2. The molecule has 2 aromatic rings. The number of amides is 1. The van der Waals surface area contributed by atoms with Crippen LogP contribution in [0, 0.1) is 0 Å². The van der Waals surface area contributed by atoms with Crippen LogP contribution in [0.5, 0.6) is 0 Å². The number of aromatic nitrogens is 5. The zero-order chi connectivity index (χ0) is 13.1. The van der Waals surface area contributed by atoms with Gasteiger partial charge >= 0.3 is 0 Å². The number of thiazole rings is 1. The Morgan fingerprint density at radius 3 is 3.21 bits per heavy atom. The summed E-state index contributed by atoms with van der Waals surface area (Å²) in [6, 6.07) is 0.154. The number of nitrogens with zero attached hydrogens (tertiary/aromatic N) is 6. The summed E-state index contributed by atoms with van der Waals surface area (Å²) in [6.45, 7) is 1.34. The maximum atomic E-state index is 12.3. The number of hydrogen-bond donors (Lipinski definition) is 0. The zero-order valence-corrected chi connectivity index (χ0v) is 11.2. The number of likely N-dealkylation sites (tertiary alicyclic amines) is 1. The van der Waals surface area contributed by atoms with E-state index in [1.54, 1.807) is 22.2 Å². The van der Waals surface area contributed by atoms with Gasteiger partial charge in [-0.1, -0.05) is 0 Å². The Balaban J connectivity index is 1.62. The first-order valence-corrected chi connectivity index (χ1v) is 7.12. The minimum absolute atomic E-state index is 0.146. The summed E-state index contributed by atoms with van der Waals surface area (Å²) < 4.78 is 1.58. The third kappa shape index (κ3) is 2.62. The number of carbonyl (C=O) groups excluding carboxylic acids is 1. The first-order chi connectivity index (χ1) is 9.34. The van der Waals surface area contributed by atoms with Crippen LogP contribution >= 0.6 is 11.3 Å². The van der Waals surface area contributed by atoms with Crippen LogP contribution in [0.4, 0.5) is 0 Å². The number of tetrazole rings is 1. The minimum Gasteiger partial charge on any atom is -0.333 e. The van der Waals surface area contributed by atoms with Crippen LogP contribution in [0.1, 0.15) is 30.3 Å². The second-order valence-electron chi connectivity index (χ2n) is 4.44. The fourth-order valence-electron chi connectivity index (χ4n) is 2.36. The van der Waals surface area contributed by atoms with Gasteiger partial charge in [0.25, 0.3) is 0 Å². The third-order valence-electron chi connectivity index (χ3n) is 3.26. The molecule has 1 atom stereocenters. The van der Waals surface area contributed by atoms with E-state index in [0.717, 1.165) is 24.4 Å². The van der Waals surface area contributed by atoms with E-state index in [1.807, 2.05) is 10.3 Å². The van der Waals surface area contributed by atoms with Crippen molar-refractivity contribution in [3.63, 3.8) is 0 Å². The van der Waals surface area contributed by atoms with Crippen LogP contribution in [0.25, 0.3) is 0 Å². The van der Waals surface area contributed by atoms with Crippen molar-refractivity contribution in [3.05, 3.63) is 22.9 Å². The molecule has 1 aliphatic rings. The van der Waals surface area contributed by atoms with Gasteiger partial charge in [-0.25, -0.2) is 9.67 Å². The molecule has 19 heavy (non-hydrogen) atoms. The fourth-order valence-corrected chi connectivity index (χ4v) is 3.14. The molecule has 2 aromatic heterocycles. The summed E-state index contributed by atoms with van der Waals surface area (Å²) in [7, 11) is 0. The average molecular weight is 278 g/mol. The Morgan fingerprint density at radius 1 is 1.53 bits per heavy atom. The third-order valence-corrected chi connectivity index (χ3v) is 4.13. The lowest BCUT2D eigenvalue weighted by atomic mass is 10.2. The SMILES string of the molecule is O=C(CCn1cnnn1)N1CCC[C@H]1c1nccs1. The van der Waals surface area contributed by atoms with Gasteiger partial charge in [0.1, 0.15) is 11.3 Å². The lowest BCUT2D eigenvalue weighted by molar-refractivity contribution is -0.132. The standard InChI is InChI=1S/C11H14N6OS/c18-10(3-6-16-8-13-14-15-16)17-5-1-2-9(17)11-12-4-7-19-11/h4,7-9H,1-3,5-6H2/t9-/m0/s1. The van der Waals surface area contributed by atoms with Crippen LogP contribution in [0.15, 0.2) is 17.9 Å². The van der Waals surface area contributed by atoms with Crippen LogP contribution in [-0.2, 0) is 11.3 Å². The molecule has 1 aliphatic heterocycles. The molecule has 3 heterocycles. The quantitative estimate of drug-likeness (QED) is 0.830. The monoisotopic (exact) mass is 278 g/mol. The van der Waals surface area contributed by atoms with Crippen LogP contribution in [0.3, 0.4) is 0 Å². The average Bonchev–Trinajstić information content (AvgIpc) is 3.14. The summed E-state index contributed by atoms with van der Waals surface area (Å²) in [6.07, 6.45) is 5.79. The molecule has 3 rings (SSSR count). The van der Waals surface area contributed by atoms with E-state index in [4.69, 9.17) is 0 Å². The Labute approximate surface area is 114 Å². The maximum absolute atomic E-state index is 12.3. The van der Waals surface area contributed by atoms with Crippen molar-refractivity contribution in [2.45, 2.75) is 31.8 Å². The number of aryl methyl sites for hydroxylation is 1. The van der Waals surface area contributed by atoms with E-state index < -0.39 is 0 Å². The van der Waals surface area contributed by atoms with Gasteiger partial charge < -0.3 is 4.90 Å². The summed E-state index contributed by atoms with van der Waals surface area (Å²) >= 11 is 1.61. The molecule has 1 fully saturated rings. The normalized spacial score (nSPS) is 18.9. The molecule has 0 spiro atoms. The molecule has 0 aliphatic carbocycles. The smallest absolute Gasteiger partial charge is 0.225 e. The van der Waals surface area contributed by atoms with Gasteiger partial charge in [-0.3, -0.25) is 4.79 Å². The van der Waals surface area contributed by atoms with E-state index >= 15 is 0 Å².